The van der Waals surface area contributed by atoms with Crippen LogP contribution in [0.25, 0.3) is 0 Å². The zero-order valence-corrected chi connectivity index (χ0v) is 12.3. The average Bonchev–Trinajstić information content (AvgIpc) is 2.39. The van der Waals surface area contributed by atoms with Crippen molar-refractivity contribution in [1.29, 1.82) is 0 Å². The SMILES string of the molecule is CCNC(c1cc(F)ccc1Cl)C(OCC)OCC. The van der Waals surface area contributed by atoms with E-state index < -0.39 is 6.29 Å². The van der Waals surface area contributed by atoms with Crippen molar-refractivity contribution < 1.29 is 13.9 Å². The van der Waals surface area contributed by atoms with E-state index in [1.54, 1.807) is 6.07 Å². The molecule has 0 spiro atoms. The minimum Gasteiger partial charge on any atom is -0.351 e. The Morgan fingerprint density at radius 3 is 2.37 bits per heavy atom. The van der Waals surface area contributed by atoms with E-state index in [4.69, 9.17) is 21.1 Å². The van der Waals surface area contributed by atoms with E-state index in [2.05, 4.69) is 5.32 Å². The lowest BCUT2D eigenvalue weighted by atomic mass is 10.1. The molecular weight excluding hydrogens is 269 g/mol. The number of likely N-dealkylation sites (N-methyl/N-ethyl adjacent to an activating group) is 1. The van der Waals surface area contributed by atoms with Crippen LogP contribution < -0.4 is 5.32 Å². The Balaban J connectivity index is 3.05. The quantitative estimate of drug-likeness (QED) is 0.743. The first-order valence-electron chi connectivity index (χ1n) is 6.55. The molecule has 1 aromatic rings. The first-order valence-corrected chi connectivity index (χ1v) is 6.93. The Morgan fingerprint density at radius 2 is 1.84 bits per heavy atom. The van der Waals surface area contributed by atoms with Gasteiger partial charge in [-0.15, -0.1) is 0 Å². The third-order valence-electron chi connectivity index (χ3n) is 2.65. The van der Waals surface area contributed by atoms with Crippen LogP contribution in [0.1, 0.15) is 32.4 Å². The van der Waals surface area contributed by atoms with Crippen molar-refractivity contribution in [2.75, 3.05) is 19.8 Å². The van der Waals surface area contributed by atoms with Crippen LogP contribution in [0.3, 0.4) is 0 Å². The summed E-state index contributed by atoms with van der Waals surface area (Å²) in [4.78, 5) is 0. The van der Waals surface area contributed by atoms with Gasteiger partial charge in [-0.25, -0.2) is 4.39 Å². The Labute approximate surface area is 119 Å². The molecule has 0 heterocycles. The van der Waals surface area contributed by atoms with Crippen LogP contribution in [-0.2, 0) is 9.47 Å². The molecule has 0 radical (unpaired) electrons. The van der Waals surface area contributed by atoms with Crippen LogP contribution in [0.15, 0.2) is 18.2 Å². The molecule has 5 heteroatoms. The molecule has 0 aliphatic heterocycles. The highest BCUT2D eigenvalue weighted by Crippen LogP contribution is 2.28. The van der Waals surface area contributed by atoms with Crippen molar-refractivity contribution >= 4 is 11.6 Å². The lowest BCUT2D eigenvalue weighted by Crippen LogP contribution is -2.36. The van der Waals surface area contributed by atoms with Gasteiger partial charge in [0, 0.05) is 18.2 Å². The highest BCUT2D eigenvalue weighted by Gasteiger charge is 2.25. The van der Waals surface area contributed by atoms with Gasteiger partial charge in [0.15, 0.2) is 6.29 Å². The maximum Gasteiger partial charge on any atom is 0.176 e. The average molecular weight is 290 g/mol. The molecule has 0 aromatic heterocycles. The summed E-state index contributed by atoms with van der Waals surface area (Å²) in [5.41, 5.74) is 0.649. The van der Waals surface area contributed by atoms with Crippen LogP contribution in [-0.4, -0.2) is 26.0 Å². The maximum atomic E-state index is 13.4. The monoisotopic (exact) mass is 289 g/mol. The van der Waals surface area contributed by atoms with Crippen LogP contribution in [0.2, 0.25) is 5.02 Å². The molecular formula is C14H21ClFNO2. The number of rotatable bonds is 8. The number of hydrogen-bond donors (Lipinski definition) is 1. The molecule has 1 unspecified atom stereocenters. The van der Waals surface area contributed by atoms with Crippen molar-refractivity contribution in [2.45, 2.75) is 33.1 Å². The molecule has 108 valence electrons. The lowest BCUT2D eigenvalue weighted by Gasteiger charge is -2.28. The van der Waals surface area contributed by atoms with E-state index >= 15 is 0 Å². The molecule has 19 heavy (non-hydrogen) atoms. The van der Waals surface area contributed by atoms with E-state index in [0.29, 0.717) is 30.3 Å². The standard InChI is InChI=1S/C14H21ClFNO2/c1-4-17-13(14(18-5-2)19-6-3)11-9-10(16)7-8-12(11)15/h7-9,13-14,17H,4-6H2,1-3H3. The molecule has 1 atom stereocenters. The van der Waals surface area contributed by atoms with Crippen molar-refractivity contribution in [3.63, 3.8) is 0 Å². The van der Waals surface area contributed by atoms with E-state index in [1.807, 2.05) is 20.8 Å². The molecule has 0 fully saturated rings. The van der Waals surface area contributed by atoms with Crippen molar-refractivity contribution in [3.8, 4) is 0 Å². The molecule has 0 aliphatic carbocycles. The van der Waals surface area contributed by atoms with Crippen molar-refractivity contribution in [3.05, 3.63) is 34.6 Å². The van der Waals surface area contributed by atoms with Crippen molar-refractivity contribution in [1.82, 2.24) is 5.32 Å². The molecule has 3 nitrogen and oxygen atoms in total. The van der Waals surface area contributed by atoms with E-state index in [-0.39, 0.29) is 11.9 Å². The van der Waals surface area contributed by atoms with Gasteiger partial charge in [-0.05, 0) is 44.2 Å². The Bertz CT molecular complexity index is 384. The third-order valence-corrected chi connectivity index (χ3v) is 3.00. The minimum absolute atomic E-state index is 0.298. The molecule has 0 amide bonds. The summed E-state index contributed by atoms with van der Waals surface area (Å²) in [7, 11) is 0. The lowest BCUT2D eigenvalue weighted by molar-refractivity contribution is -0.155. The van der Waals surface area contributed by atoms with Crippen LogP contribution in [0.4, 0.5) is 4.39 Å². The third kappa shape index (κ3) is 4.73. The summed E-state index contributed by atoms with van der Waals surface area (Å²) in [6.45, 7) is 7.48. The summed E-state index contributed by atoms with van der Waals surface area (Å²) in [5, 5.41) is 3.73. The van der Waals surface area contributed by atoms with E-state index in [1.165, 1.54) is 12.1 Å². The van der Waals surface area contributed by atoms with Gasteiger partial charge < -0.3 is 14.8 Å². The topological polar surface area (TPSA) is 30.5 Å². The first kappa shape index (κ1) is 16.4. The predicted octanol–water partition coefficient (Wildman–Crippen LogP) is 3.53. The molecule has 1 N–H and O–H groups in total. The number of ether oxygens (including phenoxy) is 2. The minimum atomic E-state index is -0.491. The second-order valence-corrected chi connectivity index (χ2v) is 4.39. The van der Waals surface area contributed by atoms with E-state index in [0.717, 1.165) is 0 Å². The van der Waals surface area contributed by atoms with Gasteiger partial charge in [0.05, 0.1) is 6.04 Å². The molecule has 1 aromatic carbocycles. The number of halogens is 2. The zero-order chi connectivity index (χ0) is 14.3. The Kier molecular flexibility index (Phi) is 7.31. The van der Waals surface area contributed by atoms with Gasteiger partial charge in [0.25, 0.3) is 0 Å². The normalized spacial score (nSPS) is 12.9. The summed E-state index contributed by atoms with van der Waals surface area (Å²) in [5.74, 6) is -0.325. The van der Waals surface area contributed by atoms with Crippen LogP contribution in [0, 0.1) is 5.82 Å². The van der Waals surface area contributed by atoms with Gasteiger partial charge in [-0.1, -0.05) is 18.5 Å². The predicted molar refractivity (Wildman–Crippen MR) is 74.9 cm³/mol. The van der Waals surface area contributed by atoms with Gasteiger partial charge >= 0.3 is 0 Å². The Hall–Kier alpha value is -0.680. The number of benzene rings is 1. The summed E-state index contributed by atoms with van der Waals surface area (Å²) in [6, 6.07) is 4.00. The van der Waals surface area contributed by atoms with E-state index in [9.17, 15) is 4.39 Å². The fraction of sp³-hybridized carbons (Fsp3) is 0.571. The largest absolute Gasteiger partial charge is 0.351 e. The highest BCUT2D eigenvalue weighted by atomic mass is 35.5. The molecule has 0 saturated carbocycles. The van der Waals surface area contributed by atoms with Gasteiger partial charge in [-0.2, -0.15) is 0 Å². The fourth-order valence-corrected chi connectivity index (χ4v) is 2.13. The second kappa shape index (κ2) is 8.48. The summed E-state index contributed by atoms with van der Waals surface area (Å²) < 4.78 is 24.6. The Morgan fingerprint density at radius 1 is 1.21 bits per heavy atom. The number of nitrogens with one attached hydrogen (secondary N) is 1. The van der Waals surface area contributed by atoms with Crippen LogP contribution >= 0.6 is 11.6 Å². The van der Waals surface area contributed by atoms with Gasteiger partial charge in [-0.3, -0.25) is 0 Å². The smallest absolute Gasteiger partial charge is 0.176 e. The summed E-state index contributed by atoms with van der Waals surface area (Å²) in [6.07, 6.45) is -0.491. The van der Waals surface area contributed by atoms with Crippen molar-refractivity contribution in [2.24, 2.45) is 0 Å². The molecule has 0 bridgehead atoms. The molecule has 0 saturated heterocycles. The summed E-state index contributed by atoms with van der Waals surface area (Å²) >= 11 is 6.15. The van der Waals surface area contributed by atoms with Gasteiger partial charge in [0.1, 0.15) is 5.82 Å². The molecule has 1 rings (SSSR count). The second-order valence-electron chi connectivity index (χ2n) is 3.98. The zero-order valence-electron chi connectivity index (χ0n) is 11.6. The van der Waals surface area contributed by atoms with Gasteiger partial charge in [0.2, 0.25) is 0 Å². The number of hydrogen-bond acceptors (Lipinski definition) is 3. The maximum absolute atomic E-state index is 13.4. The van der Waals surface area contributed by atoms with Crippen LogP contribution in [0.5, 0.6) is 0 Å². The molecule has 0 aliphatic rings. The highest BCUT2D eigenvalue weighted by molar-refractivity contribution is 6.31. The fourth-order valence-electron chi connectivity index (χ4n) is 1.89. The first-order chi connectivity index (χ1) is 9.13.